The first kappa shape index (κ1) is 20.8. The van der Waals surface area contributed by atoms with Gasteiger partial charge in [-0.1, -0.05) is 29.8 Å². The Kier molecular flexibility index (Phi) is 5.63. The average molecular weight is 413 g/mol. The third kappa shape index (κ3) is 4.10. The zero-order valence-corrected chi connectivity index (χ0v) is 17.5. The molecule has 3 rings (SSSR count). The Morgan fingerprint density at radius 2 is 2.10 bits per heavy atom. The second kappa shape index (κ2) is 7.84. The van der Waals surface area contributed by atoms with E-state index in [1.54, 1.807) is 6.07 Å². The van der Waals surface area contributed by atoms with Gasteiger partial charge >= 0.3 is 0 Å². The third-order valence-corrected chi connectivity index (χ3v) is 5.36. The Bertz CT molecular complexity index is 1130. The summed E-state index contributed by atoms with van der Waals surface area (Å²) >= 11 is 5.85. The highest BCUT2D eigenvalue weighted by atomic mass is 35.5. The van der Waals surface area contributed by atoms with Crippen LogP contribution in [0.15, 0.2) is 36.7 Å². The summed E-state index contributed by atoms with van der Waals surface area (Å²) in [4.78, 5) is 16.7. The number of imidazole rings is 1. The largest absolute Gasteiger partial charge is 0.348 e. The van der Waals surface area contributed by atoms with Crippen LogP contribution in [0.25, 0.3) is 11.0 Å². The van der Waals surface area contributed by atoms with E-state index in [0.717, 1.165) is 16.7 Å². The van der Waals surface area contributed by atoms with Gasteiger partial charge in [-0.25, -0.2) is 9.37 Å². The van der Waals surface area contributed by atoms with Gasteiger partial charge in [-0.05, 0) is 56.5 Å². The van der Waals surface area contributed by atoms with E-state index in [4.69, 9.17) is 11.6 Å². The van der Waals surface area contributed by atoms with E-state index in [-0.39, 0.29) is 29.0 Å². The van der Waals surface area contributed by atoms with Crippen molar-refractivity contribution in [3.05, 3.63) is 64.2 Å². The number of amides is 1. The van der Waals surface area contributed by atoms with Crippen molar-refractivity contribution in [1.82, 2.24) is 14.9 Å². The number of benzene rings is 2. The van der Waals surface area contributed by atoms with E-state index in [2.05, 4.69) is 16.4 Å². The van der Waals surface area contributed by atoms with Gasteiger partial charge in [0.15, 0.2) is 5.82 Å². The van der Waals surface area contributed by atoms with Crippen molar-refractivity contribution in [3.8, 4) is 6.07 Å². The molecular weight excluding hydrogens is 391 g/mol. The molecule has 0 unspecified atom stereocenters. The lowest BCUT2D eigenvalue weighted by Crippen LogP contribution is -2.30. The SMILES string of the molecule is Cc1cc([C@H](C)NC(=O)Cn2cnc3ccc(Cl)c(F)c32)ccc1C(C)(C)C#N. The monoisotopic (exact) mass is 412 g/mol. The van der Waals surface area contributed by atoms with E-state index in [0.29, 0.717) is 5.52 Å². The van der Waals surface area contributed by atoms with Gasteiger partial charge in [0, 0.05) is 0 Å². The van der Waals surface area contributed by atoms with Crippen molar-refractivity contribution in [2.24, 2.45) is 0 Å². The fourth-order valence-electron chi connectivity index (χ4n) is 3.46. The van der Waals surface area contributed by atoms with Crippen LogP contribution in [0, 0.1) is 24.1 Å². The highest BCUT2D eigenvalue weighted by Gasteiger charge is 2.22. The summed E-state index contributed by atoms with van der Waals surface area (Å²) in [6.07, 6.45) is 1.43. The Morgan fingerprint density at radius 3 is 2.76 bits per heavy atom. The zero-order valence-electron chi connectivity index (χ0n) is 16.8. The standard InChI is InChI=1S/C22H22ClFN4O/c1-13-9-15(5-6-16(13)22(3,4)11-25)14(2)27-19(29)10-28-12-26-18-8-7-17(23)20(24)21(18)28/h5-9,12,14H,10H2,1-4H3,(H,27,29)/t14-/m0/s1. The van der Waals surface area contributed by atoms with Crippen LogP contribution in [0.4, 0.5) is 4.39 Å². The van der Waals surface area contributed by atoms with E-state index in [9.17, 15) is 14.4 Å². The highest BCUT2D eigenvalue weighted by molar-refractivity contribution is 6.31. The molecule has 1 heterocycles. The third-order valence-electron chi connectivity index (χ3n) is 5.07. The molecule has 1 N–H and O–H groups in total. The zero-order chi connectivity index (χ0) is 21.3. The maximum Gasteiger partial charge on any atom is 0.240 e. The van der Waals surface area contributed by atoms with Crippen LogP contribution in [0.5, 0.6) is 0 Å². The van der Waals surface area contributed by atoms with Gasteiger partial charge in [-0.3, -0.25) is 4.79 Å². The average Bonchev–Trinajstić information content (AvgIpc) is 3.07. The van der Waals surface area contributed by atoms with Gasteiger partial charge in [0.05, 0.1) is 34.4 Å². The van der Waals surface area contributed by atoms with Crippen LogP contribution < -0.4 is 5.32 Å². The van der Waals surface area contributed by atoms with Gasteiger partial charge < -0.3 is 9.88 Å². The van der Waals surface area contributed by atoms with Crippen LogP contribution in [0.3, 0.4) is 0 Å². The summed E-state index contributed by atoms with van der Waals surface area (Å²) < 4.78 is 15.8. The highest BCUT2D eigenvalue weighted by Crippen LogP contribution is 2.28. The first-order chi connectivity index (χ1) is 13.6. The number of halogens is 2. The number of hydrogen-bond acceptors (Lipinski definition) is 3. The molecule has 0 spiro atoms. The first-order valence-electron chi connectivity index (χ1n) is 9.24. The Labute approximate surface area is 174 Å². The number of nitrogens with one attached hydrogen (secondary N) is 1. The molecule has 0 saturated carbocycles. The molecule has 1 amide bonds. The molecule has 2 aromatic carbocycles. The summed E-state index contributed by atoms with van der Waals surface area (Å²) in [6, 6.07) is 10.9. The number of hydrogen-bond donors (Lipinski definition) is 1. The van der Waals surface area contributed by atoms with Crippen LogP contribution >= 0.6 is 11.6 Å². The smallest absolute Gasteiger partial charge is 0.240 e. The molecule has 1 atom stereocenters. The Balaban J connectivity index is 1.76. The van der Waals surface area contributed by atoms with E-state index < -0.39 is 11.2 Å². The van der Waals surface area contributed by atoms with Crippen molar-refractivity contribution >= 4 is 28.5 Å². The van der Waals surface area contributed by atoms with Crippen LogP contribution in [0.1, 0.15) is 43.5 Å². The summed E-state index contributed by atoms with van der Waals surface area (Å²) in [6.45, 7) is 7.51. The minimum Gasteiger partial charge on any atom is -0.348 e. The number of carbonyl (C=O) groups is 1. The van der Waals surface area contributed by atoms with Crippen molar-refractivity contribution < 1.29 is 9.18 Å². The molecule has 5 nitrogen and oxygen atoms in total. The molecule has 0 aliphatic rings. The lowest BCUT2D eigenvalue weighted by Gasteiger charge is -2.21. The minimum atomic E-state index is -0.589. The molecule has 1 aromatic heterocycles. The number of aryl methyl sites for hydroxylation is 1. The number of fused-ring (bicyclic) bond motifs is 1. The molecule has 150 valence electrons. The molecule has 0 radical (unpaired) electrons. The number of carbonyl (C=O) groups excluding carboxylic acids is 1. The van der Waals surface area contributed by atoms with Crippen LogP contribution in [-0.2, 0) is 16.8 Å². The molecule has 0 aliphatic carbocycles. The van der Waals surface area contributed by atoms with Crippen molar-refractivity contribution in [2.75, 3.05) is 0 Å². The van der Waals surface area contributed by atoms with Crippen LogP contribution in [0.2, 0.25) is 5.02 Å². The van der Waals surface area contributed by atoms with E-state index in [1.165, 1.54) is 17.0 Å². The first-order valence-corrected chi connectivity index (χ1v) is 9.62. The minimum absolute atomic E-state index is 0.0103. The summed E-state index contributed by atoms with van der Waals surface area (Å²) in [5.41, 5.74) is 2.95. The molecule has 0 aliphatic heterocycles. The quantitative estimate of drug-likeness (QED) is 0.653. The molecule has 29 heavy (non-hydrogen) atoms. The van der Waals surface area contributed by atoms with Crippen molar-refractivity contribution in [1.29, 1.82) is 5.26 Å². The maximum atomic E-state index is 14.3. The number of nitrogens with zero attached hydrogens (tertiary/aromatic N) is 3. The van der Waals surface area contributed by atoms with Gasteiger partial charge in [0.2, 0.25) is 5.91 Å². The van der Waals surface area contributed by atoms with Crippen molar-refractivity contribution in [3.63, 3.8) is 0 Å². The number of aromatic nitrogens is 2. The van der Waals surface area contributed by atoms with Gasteiger partial charge in [0.1, 0.15) is 12.1 Å². The molecule has 0 bridgehead atoms. The van der Waals surface area contributed by atoms with E-state index >= 15 is 0 Å². The fourth-order valence-corrected chi connectivity index (χ4v) is 3.61. The predicted molar refractivity (Wildman–Crippen MR) is 111 cm³/mol. The summed E-state index contributed by atoms with van der Waals surface area (Å²) in [5, 5.41) is 12.3. The number of rotatable bonds is 5. The van der Waals surface area contributed by atoms with Gasteiger partial charge in [-0.2, -0.15) is 5.26 Å². The molecule has 3 aromatic rings. The van der Waals surface area contributed by atoms with E-state index in [1.807, 2.05) is 45.9 Å². The van der Waals surface area contributed by atoms with Crippen LogP contribution in [-0.4, -0.2) is 15.5 Å². The molecule has 7 heteroatoms. The number of nitriles is 1. The molecule has 0 fully saturated rings. The lowest BCUT2D eigenvalue weighted by molar-refractivity contribution is -0.122. The predicted octanol–water partition coefficient (Wildman–Crippen LogP) is 4.82. The summed E-state index contributed by atoms with van der Waals surface area (Å²) in [7, 11) is 0. The maximum absolute atomic E-state index is 14.3. The fraction of sp³-hybridized carbons (Fsp3) is 0.318. The second-order valence-corrected chi connectivity index (χ2v) is 8.11. The molecule has 0 saturated heterocycles. The second-order valence-electron chi connectivity index (χ2n) is 7.70. The van der Waals surface area contributed by atoms with Gasteiger partial charge in [0.25, 0.3) is 0 Å². The summed E-state index contributed by atoms with van der Waals surface area (Å²) in [5.74, 6) is -0.857. The van der Waals surface area contributed by atoms with Gasteiger partial charge in [-0.15, -0.1) is 0 Å². The van der Waals surface area contributed by atoms with Crippen molar-refractivity contribution in [2.45, 2.75) is 45.7 Å². The Hall–Kier alpha value is -2.91. The normalized spacial score (nSPS) is 12.6. The topological polar surface area (TPSA) is 70.7 Å². The Morgan fingerprint density at radius 1 is 1.38 bits per heavy atom. The molecular formula is C22H22ClFN4O. The lowest BCUT2D eigenvalue weighted by atomic mass is 9.82.